The van der Waals surface area contributed by atoms with Crippen LogP contribution in [0.25, 0.3) is 0 Å². The topological polar surface area (TPSA) is 75.3 Å². The van der Waals surface area contributed by atoms with Crippen molar-refractivity contribution in [2.45, 2.75) is 44.0 Å². The number of hydrogen-bond donors (Lipinski definition) is 2. The van der Waals surface area contributed by atoms with E-state index in [4.69, 9.17) is 0 Å². The van der Waals surface area contributed by atoms with Crippen LogP contribution >= 0.6 is 0 Å². The van der Waals surface area contributed by atoms with Crippen LogP contribution in [0.3, 0.4) is 0 Å². The molecule has 7 heteroatoms. The van der Waals surface area contributed by atoms with Crippen molar-refractivity contribution in [2.24, 2.45) is 0 Å². The van der Waals surface area contributed by atoms with Gasteiger partial charge in [0.1, 0.15) is 5.82 Å². The van der Waals surface area contributed by atoms with E-state index in [-0.39, 0.29) is 4.90 Å². The first-order valence-corrected chi connectivity index (χ1v) is 9.98. The van der Waals surface area contributed by atoms with Gasteiger partial charge in [0.2, 0.25) is 15.9 Å². The van der Waals surface area contributed by atoms with Crippen LogP contribution in [0.2, 0.25) is 0 Å². The van der Waals surface area contributed by atoms with Gasteiger partial charge in [-0.2, -0.15) is 4.72 Å². The summed E-state index contributed by atoms with van der Waals surface area (Å²) < 4.78 is 39.7. The molecule has 0 fully saturated rings. The van der Waals surface area contributed by atoms with Gasteiger partial charge in [-0.25, -0.2) is 12.8 Å². The van der Waals surface area contributed by atoms with Crippen LogP contribution in [0.1, 0.15) is 32.3 Å². The van der Waals surface area contributed by atoms with Crippen molar-refractivity contribution in [1.82, 2.24) is 4.72 Å². The van der Waals surface area contributed by atoms with Gasteiger partial charge >= 0.3 is 0 Å². The molecule has 0 aliphatic rings. The van der Waals surface area contributed by atoms with Gasteiger partial charge in [-0.1, -0.05) is 25.5 Å². The summed E-state index contributed by atoms with van der Waals surface area (Å²) in [6.45, 7) is 3.58. The first-order valence-electron chi connectivity index (χ1n) is 8.49. The molecule has 2 rings (SSSR count). The van der Waals surface area contributed by atoms with Crippen LogP contribution < -0.4 is 10.0 Å². The molecule has 0 saturated carbocycles. The summed E-state index contributed by atoms with van der Waals surface area (Å²) in [5.41, 5.74) is 1.79. The number of rotatable bonds is 8. The predicted molar refractivity (Wildman–Crippen MR) is 99.9 cm³/mol. The van der Waals surface area contributed by atoms with E-state index in [9.17, 15) is 17.6 Å². The zero-order valence-electron chi connectivity index (χ0n) is 14.8. The number of hydrogen-bond acceptors (Lipinski definition) is 3. The second-order valence-corrected chi connectivity index (χ2v) is 7.80. The molecule has 26 heavy (non-hydrogen) atoms. The summed E-state index contributed by atoms with van der Waals surface area (Å²) in [6, 6.07) is 10.9. The summed E-state index contributed by atoms with van der Waals surface area (Å²) in [7, 11) is -3.91. The first kappa shape index (κ1) is 20.1. The molecule has 0 spiro atoms. The average Bonchev–Trinajstić information content (AvgIpc) is 2.61. The maximum absolute atomic E-state index is 12.9. The van der Waals surface area contributed by atoms with Gasteiger partial charge in [0.15, 0.2) is 0 Å². The van der Waals surface area contributed by atoms with Gasteiger partial charge < -0.3 is 5.32 Å². The number of unbranched alkanes of at least 4 members (excludes halogenated alkanes) is 1. The number of amides is 1. The molecule has 1 atom stereocenters. The molecule has 2 aromatic carbocycles. The Hall–Kier alpha value is -2.25. The maximum atomic E-state index is 12.9. The summed E-state index contributed by atoms with van der Waals surface area (Å²) in [4.78, 5) is 12.1. The Morgan fingerprint density at radius 3 is 2.27 bits per heavy atom. The normalized spacial score (nSPS) is 12.6. The van der Waals surface area contributed by atoms with Crippen molar-refractivity contribution < 1.29 is 17.6 Å². The van der Waals surface area contributed by atoms with Gasteiger partial charge in [0.25, 0.3) is 0 Å². The van der Waals surface area contributed by atoms with Gasteiger partial charge in [0, 0.05) is 5.69 Å². The second-order valence-electron chi connectivity index (χ2n) is 6.09. The number of nitrogens with one attached hydrogen (secondary N) is 2. The molecular weight excluding hydrogens is 355 g/mol. The highest BCUT2D eigenvalue weighted by atomic mass is 32.2. The Morgan fingerprint density at radius 1 is 1.08 bits per heavy atom. The molecule has 2 aromatic rings. The maximum Gasteiger partial charge on any atom is 0.242 e. The highest BCUT2D eigenvalue weighted by Crippen LogP contribution is 2.13. The Bertz CT molecular complexity index is 834. The van der Waals surface area contributed by atoms with E-state index in [1.807, 2.05) is 12.1 Å². The number of halogens is 1. The summed E-state index contributed by atoms with van der Waals surface area (Å²) >= 11 is 0. The molecule has 0 aromatic heterocycles. The molecule has 1 amide bonds. The summed E-state index contributed by atoms with van der Waals surface area (Å²) in [5, 5.41) is 2.68. The minimum absolute atomic E-state index is 0.0983. The monoisotopic (exact) mass is 378 g/mol. The van der Waals surface area contributed by atoms with Crippen molar-refractivity contribution >= 4 is 21.6 Å². The molecule has 140 valence electrons. The number of aryl methyl sites for hydroxylation is 1. The number of carbonyl (C=O) groups is 1. The Balaban J connectivity index is 1.97. The Labute approximate surface area is 153 Å². The molecule has 0 aliphatic heterocycles. The van der Waals surface area contributed by atoms with E-state index < -0.39 is 27.8 Å². The molecule has 0 bridgehead atoms. The van der Waals surface area contributed by atoms with Crippen LogP contribution in [0.5, 0.6) is 0 Å². The average molecular weight is 378 g/mol. The molecule has 0 radical (unpaired) electrons. The number of benzene rings is 2. The molecule has 5 nitrogen and oxygen atoms in total. The molecular formula is C19H23FN2O3S. The van der Waals surface area contributed by atoms with Crippen molar-refractivity contribution in [1.29, 1.82) is 0 Å². The van der Waals surface area contributed by atoms with Crippen LogP contribution in [-0.2, 0) is 21.2 Å². The third kappa shape index (κ3) is 5.64. The number of sulfonamides is 1. The predicted octanol–water partition coefficient (Wildman–Crippen LogP) is 3.47. The van der Waals surface area contributed by atoms with E-state index in [0.29, 0.717) is 5.69 Å². The highest BCUT2D eigenvalue weighted by molar-refractivity contribution is 7.89. The highest BCUT2D eigenvalue weighted by Gasteiger charge is 2.22. The van der Waals surface area contributed by atoms with E-state index in [1.54, 1.807) is 12.1 Å². The number of anilines is 1. The van der Waals surface area contributed by atoms with Gasteiger partial charge in [-0.05, 0) is 61.7 Å². The molecule has 0 aliphatic carbocycles. The van der Waals surface area contributed by atoms with Crippen LogP contribution in [0, 0.1) is 5.82 Å². The largest absolute Gasteiger partial charge is 0.325 e. The molecule has 2 N–H and O–H groups in total. The Morgan fingerprint density at radius 2 is 1.69 bits per heavy atom. The van der Waals surface area contributed by atoms with Crippen LogP contribution in [0.15, 0.2) is 53.4 Å². The van der Waals surface area contributed by atoms with Crippen molar-refractivity contribution in [2.75, 3.05) is 5.32 Å². The fraction of sp³-hybridized carbons (Fsp3) is 0.316. The quantitative estimate of drug-likeness (QED) is 0.738. The van der Waals surface area contributed by atoms with Gasteiger partial charge in [-0.15, -0.1) is 0 Å². The van der Waals surface area contributed by atoms with Gasteiger partial charge in [-0.3, -0.25) is 4.79 Å². The second kappa shape index (κ2) is 8.91. The molecule has 0 heterocycles. The van der Waals surface area contributed by atoms with Gasteiger partial charge in [0.05, 0.1) is 10.9 Å². The molecule has 0 saturated heterocycles. The first-order chi connectivity index (χ1) is 12.3. The number of carbonyl (C=O) groups excluding carboxylic acids is 1. The van der Waals surface area contributed by atoms with Crippen molar-refractivity contribution in [3.8, 4) is 0 Å². The van der Waals surface area contributed by atoms with E-state index in [1.165, 1.54) is 12.5 Å². The lowest BCUT2D eigenvalue weighted by molar-refractivity contribution is -0.117. The minimum atomic E-state index is -3.91. The van der Waals surface area contributed by atoms with Crippen molar-refractivity contribution in [3.63, 3.8) is 0 Å². The van der Waals surface area contributed by atoms with E-state index in [0.717, 1.165) is 43.5 Å². The minimum Gasteiger partial charge on any atom is -0.325 e. The lowest BCUT2D eigenvalue weighted by Gasteiger charge is -2.15. The summed E-state index contributed by atoms with van der Waals surface area (Å²) in [5.74, 6) is -1.01. The third-order valence-corrected chi connectivity index (χ3v) is 5.45. The molecule has 0 unspecified atom stereocenters. The summed E-state index contributed by atoms with van der Waals surface area (Å²) in [6.07, 6.45) is 3.21. The smallest absolute Gasteiger partial charge is 0.242 e. The fourth-order valence-corrected chi connectivity index (χ4v) is 3.56. The lowest BCUT2D eigenvalue weighted by atomic mass is 10.1. The van der Waals surface area contributed by atoms with Crippen molar-refractivity contribution in [3.05, 3.63) is 59.9 Å². The SMILES string of the molecule is CCCCc1ccc(NC(=O)[C@@H](C)NS(=O)(=O)c2ccc(F)cc2)cc1. The standard InChI is InChI=1S/C19H23FN2O3S/c1-3-4-5-15-6-10-17(11-7-15)21-19(23)14(2)22-26(24,25)18-12-8-16(20)9-13-18/h6-14,22H,3-5H2,1-2H3,(H,21,23)/t14-/m1/s1. The lowest BCUT2D eigenvalue weighted by Crippen LogP contribution is -2.41. The zero-order chi connectivity index (χ0) is 19.2. The van der Waals surface area contributed by atoms with Crippen LogP contribution in [0.4, 0.5) is 10.1 Å². The van der Waals surface area contributed by atoms with E-state index in [2.05, 4.69) is 17.0 Å². The van der Waals surface area contributed by atoms with Crippen LogP contribution in [-0.4, -0.2) is 20.4 Å². The van der Waals surface area contributed by atoms with E-state index >= 15 is 0 Å². The zero-order valence-corrected chi connectivity index (χ0v) is 15.6. The fourth-order valence-electron chi connectivity index (χ4n) is 2.35. The third-order valence-electron chi connectivity index (χ3n) is 3.89. The Kier molecular flexibility index (Phi) is 6.88.